The lowest BCUT2D eigenvalue weighted by molar-refractivity contribution is -0.118. The summed E-state index contributed by atoms with van der Waals surface area (Å²) < 4.78 is 16.2. The first-order chi connectivity index (χ1) is 14.6. The first-order valence-electron chi connectivity index (χ1n) is 9.29. The molecule has 3 aromatic rings. The highest BCUT2D eigenvalue weighted by atomic mass is 32.2. The SMILES string of the molecule is COc1cc(CSCc2csc(NC(=O)COc3ccccc3C)n2)cc(OC)c1. The van der Waals surface area contributed by atoms with Crippen molar-refractivity contribution in [2.75, 3.05) is 26.1 Å². The zero-order chi connectivity index (χ0) is 21.3. The van der Waals surface area contributed by atoms with Gasteiger partial charge in [-0.05, 0) is 36.2 Å². The lowest BCUT2D eigenvalue weighted by atomic mass is 10.2. The molecule has 1 amide bonds. The Hall–Kier alpha value is -2.71. The Morgan fingerprint density at radius 1 is 1.10 bits per heavy atom. The maximum Gasteiger partial charge on any atom is 0.264 e. The van der Waals surface area contributed by atoms with E-state index in [1.807, 2.05) is 54.8 Å². The first-order valence-corrected chi connectivity index (χ1v) is 11.3. The minimum atomic E-state index is -0.227. The van der Waals surface area contributed by atoms with Crippen LogP contribution in [0.4, 0.5) is 5.13 Å². The lowest BCUT2D eigenvalue weighted by Gasteiger charge is -2.08. The molecule has 0 aliphatic rings. The van der Waals surface area contributed by atoms with Crippen LogP contribution < -0.4 is 19.5 Å². The van der Waals surface area contributed by atoms with Crippen LogP contribution in [-0.2, 0) is 16.3 Å². The van der Waals surface area contributed by atoms with Crippen molar-refractivity contribution in [1.29, 1.82) is 0 Å². The molecule has 0 fully saturated rings. The van der Waals surface area contributed by atoms with Gasteiger partial charge in [0.25, 0.3) is 5.91 Å². The molecular weight excluding hydrogens is 420 g/mol. The van der Waals surface area contributed by atoms with E-state index >= 15 is 0 Å². The second-order valence-electron chi connectivity index (χ2n) is 6.46. The summed E-state index contributed by atoms with van der Waals surface area (Å²) in [6, 6.07) is 13.5. The Labute approximate surface area is 184 Å². The van der Waals surface area contributed by atoms with Gasteiger partial charge in [-0.15, -0.1) is 11.3 Å². The van der Waals surface area contributed by atoms with Crippen molar-refractivity contribution >= 4 is 34.1 Å². The van der Waals surface area contributed by atoms with Gasteiger partial charge in [-0.1, -0.05) is 18.2 Å². The number of aryl methyl sites for hydroxylation is 1. The molecule has 0 aliphatic heterocycles. The van der Waals surface area contributed by atoms with E-state index in [4.69, 9.17) is 14.2 Å². The molecule has 3 rings (SSSR count). The Morgan fingerprint density at radius 3 is 2.53 bits per heavy atom. The number of benzene rings is 2. The van der Waals surface area contributed by atoms with Crippen molar-refractivity contribution in [1.82, 2.24) is 4.98 Å². The maximum atomic E-state index is 12.1. The van der Waals surface area contributed by atoms with Crippen molar-refractivity contribution in [3.8, 4) is 17.2 Å². The third-order valence-corrected chi connectivity index (χ3v) is 6.02. The second kappa shape index (κ2) is 10.9. The number of aromatic nitrogens is 1. The molecule has 30 heavy (non-hydrogen) atoms. The number of thioether (sulfide) groups is 1. The molecule has 158 valence electrons. The average molecular weight is 445 g/mol. The van der Waals surface area contributed by atoms with Crippen LogP contribution in [0.15, 0.2) is 47.8 Å². The molecule has 0 unspecified atom stereocenters. The molecule has 0 saturated carbocycles. The van der Waals surface area contributed by atoms with E-state index < -0.39 is 0 Å². The molecule has 0 atom stereocenters. The van der Waals surface area contributed by atoms with Gasteiger partial charge in [-0.3, -0.25) is 10.1 Å². The number of nitrogens with zero attached hydrogens (tertiary/aromatic N) is 1. The molecule has 0 saturated heterocycles. The molecule has 1 heterocycles. The highest BCUT2D eigenvalue weighted by Gasteiger charge is 2.09. The van der Waals surface area contributed by atoms with Gasteiger partial charge in [0.15, 0.2) is 11.7 Å². The number of amides is 1. The summed E-state index contributed by atoms with van der Waals surface area (Å²) in [6.45, 7) is 1.89. The standard InChI is InChI=1S/C22H24N2O4S2/c1-15-6-4-5-7-20(15)28-11-21(25)24-22-23-17(14-30-22)13-29-12-16-8-18(26-2)10-19(9-16)27-3/h4-10,14H,11-13H2,1-3H3,(H,23,24,25). The van der Waals surface area contributed by atoms with E-state index in [1.165, 1.54) is 11.3 Å². The molecule has 6 nitrogen and oxygen atoms in total. The maximum absolute atomic E-state index is 12.1. The number of rotatable bonds is 10. The smallest absolute Gasteiger partial charge is 0.264 e. The van der Waals surface area contributed by atoms with Gasteiger partial charge < -0.3 is 14.2 Å². The highest BCUT2D eigenvalue weighted by molar-refractivity contribution is 7.97. The summed E-state index contributed by atoms with van der Waals surface area (Å²) >= 11 is 3.14. The van der Waals surface area contributed by atoms with Crippen LogP contribution in [0, 0.1) is 6.92 Å². The van der Waals surface area contributed by atoms with Gasteiger partial charge in [-0.2, -0.15) is 11.8 Å². The van der Waals surface area contributed by atoms with E-state index in [0.717, 1.165) is 39.8 Å². The van der Waals surface area contributed by atoms with Gasteiger partial charge in [0, 0.05) is 23.0 Å². The van der Waals surface area contributed by atoms with Crippen LogP contribution in [-0.4, -0.2) is 31.7 Å². The molecule has 0 radical (unpaired) electrons. The third-order valence-electron chi connectivity index (χ3n) is 4.18. The van der Waals surface area contributed by atoms with Crippen LogP contribution in [0.1, 0.15) is 16.8 Å². The zero-order valence-electron chi connectivity index (χ0n) is 17.1. The molecule has 0 spiro atoms. The minimum Gasteiger partial charge on any atom is -0.497 e. The van der Waals surface area contributed by atoms with Crippen LogP contribution in [0.25, 0.3) is 0 Å². The Kier molecular flexibility index (Phi) is 7.98. The van der Waals surface area contributed by atoms with Gasteiger partial charge in [-0.25, -0.2) is 4.98 Å². The fraction of sp³-hybridized carbons (Fsp3) is 0.273. The number of hydrogen-bond donors (Lipinski definition) is 1. The molecule has 0 aliphatic carbocycles. The number of anilines is 1. The van der Waals surface area contributed by atoms with E-state index in [0.29, 0.717) is 10.9 Å². The summed E-state index contributed by atoms with van der Waals surface area (Å²) in [5.41, 5.74) is 3.04. The summed E-state index contributed by atoms with van der Waals surface area (Å²) in [5.74, 6) is 3.57. The fourth-order valence-electron chi connectivity index (χ4n) is 2.67. The van der Waals surface area contributed by atoms with E-state index in [2.05, 4.69) is 10.3 Å². The number of methoxy groups -OCH3 is 2. The van der Waals surface area contributed by atoms with Crippen LogP contribution in [0.3, 0.4) is 0 Å². The highest BCUT2D eigenvalue weighted by Crippen LogP contribution is 2.27. The molecular formula is C22H24N2O4S2. The van der Waals surface area contributed by atoms with Gasteiger partial charge in [0.1, 0.15) is 17.2 Å². The summed E-state index contributed by atoms with van der Waals surface area (Å²) in [7, 11) is 3.28. The van der Waals surface area contributed by atoms with E-state index in [-0.39, 0.29) is 12.5 Å². The second-order valence-corrected chi connectivity index (χ2v) is 8.30. The number of para-hydroxylation sites is 1. The van der Waals surface area contributed by atoms with Crippen molar-refractivity contribution in [3.63, 3.8) is 0 Å². The number of hydrogen-bond acceptors (Lipinski definition) is 7. The minimum absolute atomic E-state index is 0.0494. The topological polar surface area (TPSA) is 69.7 Å². The van der Waals surface area contributed by atoms with E-state index in [1.54, 1.807) is 26.0 Å². The normalized spacial score (nSPS) is 10.5. The molecule has 1 N–H and O–H groups in total. The van der Waals surface area contributed by atoms with Crippen molar-refractivity contribution in [2.24, 2.45) is 0 Å². The molecule has 0 bridgehead atoms. The van der Waals surface area contributed by atoms with E-state index in [9.17, 15) is 4.79 Å². The lowest BCUT2D eigenvalue weighted by Crippen LogP contribution is -2.20. The van der Waals surface area contributed by atoms with Gasteiger partial charge in [0.2, 0.25) is 0 Å². The first kappa shape index (κ1) is 22.0. The Bertz CT molecular complexity index is 969. The summed E-state index contributed by atoms with van der Waals surface area (Å²) in [4.78, 5) is 16.6. The molecule has 1 aromatic heterocycles. The third kappa shape index (κ3) is 6.40. The van der Waals surface area contributed by atoms with Crippen molar-refractivity contribution < 1.29 is 19.0 Å². The Morgan fingerprint density at radius 2 is 1.83 bits per heavy atom. The van der Waals surface area contributed by atoms with Gasteiger partial charge in [0.05, 0.1) is 19.9 Å². The number of thiazole rings is 1. The fourth-order valence-corrected chi connectivity index (χ4v) is 4.36. The monoisotopic (exact) mass is 444 g/mol. The van der Waals surface area contributed by atoms with Crippen LogP contribution in [0.2, 0.25) is 0 Å². The summed E-state index contributed by atoms with van der Waals surface area (Å²) in [5, 5.41) is 5.32. The summed E-state index contributed by atoms with van der Waals surface area (Å²) in [6.07, 6.45) is 0. The number of nitrogens with one attached hydrogen (secondary N) is 1. The predicted octanol–water partition coefficient (Wildman–Crippen LogP) is 4.92. The number of carbonyl (C=O) groups is 1. The predicted molar refractivity (Wildman–Crippen MR) is 122 cm³/mol. The van der Waals surface area contributed by atoms with Crippen LogP contribution >= 0.6 is 23.1 Å². The number of ether oxygens (including phenoxy) is 3. The van der Waals surface area contributed by atoms with Crippen molar-refractivity contribution in [2.45, 2.75) is 18.4 Å². The number of carbonyl (C=O) groups excluding carboxylic acids is 1. The zero-order valence-corrected chi connectivity index (χ0v) is 18.8. The molecule has 8 heteroatoms. The quantitative estimate of drug-likeness (QED) is 0.479. The van der Waals surface area contributed by atoms with Crippen LogP contribution in [0.5, 0.6) is 17.2 Å². The molecule has 2 aromatic carbocycles. The van der Waals surface area contributed by atoms with Crippen molar-refractivity contribution in [3.05, 3.63) is 64.7 Å². The Balaban J connectivity index is 1.46. The van der Waals surface area contributed by atoms with Gasteiger partial charge >= 0.3 is 0 Å². The largest absolute Gasteiger partial charge is 0.497 e. The average Bonchev–Trinajstić information content (AvgIpc) is 3.19.